The molecule has 0 N–H and O–H groups in total. The van der Waals surface area contributed by atoms with E-state index in [0.717, 1.165) is 5.75 Å². The van der Waals surface area contributed by atoms with Crippen LogP contribution in [-0.4, -0.2) is 10.6 Å². The molecule has 0 unspecified atom stereocenters. The lowest BCUT2D eigenvalue weighted by Gasteiger charge is -2.07. The minimum atomic E-state index is 0.552. The Labute approximate surface area is 94.9 Å². The van der Waals surface area contributed by atoms with E-state index < -0.39 is 0 Å². The van der Waals surface area contributed by atoms with Crippen molar-refractivity contribution < 1.29 is 4.74 Å². The zero-order chi connectivity index (χ0) is 10.6. The molecule has 1 rings (SSSR count). The fourth-order valence-electron chi connectivity index (χ4n) is 1.06. The van der Waals surface area contributed by atoms with Crippen molar-refractivity contribution in [2.45, 2.75) is 19.8 Å². The Morgan fingerprint density at radius 2 is 1.86 bits per heavy atom. The predicted molar refractivity (Wildman–Crippen MR) is 67.3 cm³/mol. The number of benzene rings is 1. The summed E-state index contributed by atoms with van der Waals surface area (Å²) in [5.41, 5.74) is 1.31. The Bertz CT molecular complexity index is 304. The van der Waals surface area contributed by atoms with Crippen LogP contribution in [-0.2, 0) is 0 Å². The van der Waals surface area contributed by atoms with Crippen molar-refractivity contribution in [1.29, 1.82) is 0 Å². The van der Waals surface area contributed by atoms with Gasteiger partial charge in [-0.05, 0) is 42.1 Å². The molecule has 0 amide bonds. The molecule has 1 aromatic rings. The number of thiocarbonyl (C=S) groups is 1. The van der Waals surface area contributed by atoms with Crippen LogP contribution in [0.2, 0.25) is 0 Å². The first-order valence-corrected chi connectivity index (χ1v) is 6.12. The lowest BCUT2D eigenvalue weighted by molar-refractivity contribution is 0.578. The normalized spacial score (nSPS) is 10.3. The molecule has 0 spiro atoms. The summed E-state index contributed by atoms with van der Waals surface area (Å²) < 4.78 is 5.95. The van der Waals surface area contributed by atoms with Gasteiger partial charge in [-0.3, -0.25) is 0 Å². The minimum absolute atomic E-state index is 0.552. The van der Waals surface area contributed by atoms with Crippen molar-refractivity contribution in [1.82, 2.24) is 0 Å². The summed E-state index contributed by atoms with van der Waals surface area (Å²) in [6, 6.07) is 8.06. The quantitative estimate of drug-likeness (QED) is 0.709. The first-order valence-electron chi connectivity index (χ1n) is 4.49. The lowest BCUT2D eigenvalue weighted by Crippen LogP contribution is -1.99. The molecule has 0 aliphatic rings. The average molecular weight is 226 g/mol. The van der Waals surface area contributed by atoms with Gasteiger partial charge in [-0.1, -0.05) is 37.7 Å². The van der Waals surface area contributed by atoms with Gasteiger partial charge in [0.15, 0.2) is 0 Å². The molecule has 0 bridgehead atoms. The van der Waals surface area contributed by atoms with Gasteiger partial charge in [0.05, 0.1) is 0 Å². The van der Waals surface area contributed by atoms with E-state index in [1.807, 2.05) is 18.4 Å². The molecule has 3 heteroatoms. The van der Waals surface area contributed by atoms with Crippen LogP contribution in [0.3, 0.4) is 0 Å². The van der Waals surface area contributed by atoms with Crippen molar-refractivity contribution in [3.8, 4) is 5.75 Å². The molecular formula is C11H14OS2. The topological polar surface area (TPSA) is 9.23 Å². The Morgan fingerprint density at radius 1 is 1.29 bits per heavy atom. The number of ether oxygens (including phenoxy) is 1. The molecule has 0 atom stereocenters. The monoisotopic (exact) mass is 226 g/mol. The maximum atomic E-state index is 5.39. The average Bonchev–Trinajstić information content (AvgIpc) is 2.18. The Balaban J connectivity index is 2.69. The largest absolute Gasteiger partial charge is 0.440 e. The third-order valence-corrected chi connectivity index (χ3v) is 2.91. The van der Waals surface area contributed by atoms with Crippen molar-refractivity contribution in [3.63, 3.8) is 0 Å². The van der Waals surface area contributed by atoms with Crippen LogP contribution in [0.15, 0.2) is 24.3 Å². The SMILES string of the molecule is CSC(=S)Oc1ccc(C(C)C)cc1. The molecule has 0 aliphatic heterocycles. The smallest absolute Gasteiger partial charge is 0.225 e. The summed E-state index contributed by atoms with van der Waals surface area (Å²) >= 11 is 6.40. The van der Waals surface area contributed by atoms with E-state index in [1.54, 1.807) is 0 Å². The van der Waals surface area contributed by atoms with Gasteiger partial charge in [0.25, 0.3) is 0 Å². The van der Waals surface area contributed by atoms with Gasteiger partial charge in [0.1, 0.15) is 5.75 Å². The van der Waals surface area contributed by atoms with E-state index in [0.29, 0.717) is 10.3 Å². The zero-order valence-corrected chi connectivity index (χ0v) is 10.2. The Hall–Kier alpha value is -0.540. The maximum absolute atomic E-state index is 5.39. The standard InChI is InChI=1S/C11H14OS2/c1-8(2)9-4-6-10(7-5-9)12-11(13)14-3/h4-8H,1-3H3. The van der Waals surface area contributed by atoms with Crippen molar-refractivity contribution in [3.05, 3.63) is 29.8 Å². The van der Waals surface area contributed by atoms with Crippen molar-refractivity contribution in [2.75, 3.05) is 6.26 Å². The zero-order valence-electron chi connectivity index (χ0n) is 8.61. The number of thioether (sulfide) groups is 1. The molecule has 1 nitrogen and oxygen atoms in total. The highest BCUT2D eigenvalue weighted by Crippen LogP contribution is 2.19. The van der Waals surface area contributed by atoms with Crippen LogP contribution in [0, 0.1) is 0 Å². The molecule has 14 heavy (non-hydrogen) atoms. The van der Waals surface area contributed by atoms with Crippen LogP contribution in [0.5, 0.6) is 5.75 Å². The van der Waals surface area contributed by atoms with Crippen LogP contribution < -0.4 is 4.74 Å². The first kappa shape index (κ1) is 11.5. The molecule has 0 saturated heterocycles. The van der Waals surface area contributed by atoms with Gasteiger partial charge >= 0.3 is 0 Å². The van der Waals surface area contributed by atoms with Gasteiger partial charge in [0.2, 0.25) is 4.38 Å². The van der Waals surface area contributed by atoms with E-state index in [2.05, 4.69) is 26.0 Å². The highest BCUT2D eigenvalue weighted by molar-refractivity contribution is 8.22. The molecule has 76 valence electrons. The molecule has 0 fully saturated rings. The van der Waals surface area contributed by atoms with Gasteiger partial charge in [-0.25, -0.2) is 0 Å². The maximum Gasteiger partial charge on any atom is 0.225 e. The number of rotatable bonds is 2. The van der Waals surface area contributed by atoms with Crippen LogP contribution in [0.1, 0.15) is 25.3 Å². The number of hydrogen-bond acceptors (Lipinski definition) is 3. The summed E-state index contributed by atoms with van der Waals surface area (Å²) in [6.07, 6.45) is 1.91. The minimum Gasteiger partial charge on any atom is -0.440 e. The molecule has 1 aromatic carbocycles. The first-order chi connectivity index (χ1) is 6.63. The third kappa shape index (κ3) is 3.31. The number of hydrogen-bond donors (Lipinski definition) is 0. The van der Waals surface area contributed by atoms with E-state index in [9.17, 15) is 0 Å². The fraction of sp³-hybridized carbons (Fsp3) is 0.364. The molecule has 0 aromatic heterocycles. The van der Waals surface area contributed by atoms with Crippen LogP contribution in [0.25, 0.3) is 0 Å². The molecule has 0 radical (unpaired) electrons. The summed E-state index contributed by atoms with van der Waals surface area (Å²) in [4.78, 5) is 0. The van der Waals surface area contributed by atoms with Gasteiger partial charge in [0, 0.05) is 0 Å². The summed E-state index contributed by atoms with van der Waals surface area (Å²) in [5, 5.41) is 0. The third-order valence-electron chi connectivity index (χ3n) is 1.91. The summed E-state index contributed by atoms with van der Waals surface area (Å²) in [5.74, 6) is 1.37. The molecule has 0 saturated carbocycles. The van der Waals surface area contributed by atoms with Crippen molar-refractivity contribution in [2.24, 2.45) is 0 Å². The second-order valence-corrected chi connectivity index (χ2v) is 4.69. The van der Waals surface area contributed by atoms with Gasteiger partial charge in [-0.2, -0.15) is 0 Å². The molecule has 0 heterocycles. The fourth-order valence-corrected chi connectivity index (χ4v) is 1.33. The highest BCUT2D eigenvalue weighted by atomic mass is 32.2. The molecule has 0 aliphatic carbocycles. The Morgan fingerprint density at radius 3 is 2.29 bits per heavy atom. The van der Waals surface area contributed by atoms with E-state index >= 15 is 0 Å². The van der Waals surface area contributed by atoms with Gasteiger partial charge in [-0.15, -0.1) is 0 Å². The highest BCUT2D eigenvalue weighted by Gasteiger charge is 2.01. The Kier molecular flexibility index (Phi) is 4.42. The van der Waals surface area contributed by atoms with Crippen LogP contribution >= 0.6 is 24.0 Å². The second-order valence-electron chi connectivity index (χ2n) is 3.28. The lowest BCUT2D eigenvalue weighted by atomic mass is 10.0. The van der Waals surface area contributed by atoms with E-state index in [4.69, 9.17) is 17.0 Å². The van der Waals surface area contributed by atoms with Crippen LogP contribution in [0.4, 0.5) is 0 Å². The predicted octanol–water partition coefficient (Wildman–Crippen LogP) is 3.84. The van der Waals surface area contributed by atoms with E-state index in [-0.39, 0.29) is 0 Å². The van der Waals surface area contributed by atoms with E-state index in [1.165, 1.54) is 17.3 Å². The van der Waals surface area contributed by atoms with Gasteiger partial charge < -0.3 is 4.74 Å². The second kappa shape index (κ2) is 5.37. The summed E-state index contributed by atoms with van der Waals surface area (Å²) in [6.45, 7) is 4.34. The van der Waals surface area contributed by atoms with Crippen molar-refractivity contribution >= 4 is 28.4 Å². The molecular weight excluding hydrogens is 212 g/mol. The summed E-state index contributed by atoms with van der Waals surface area (Å²) in [7, 11) is 0.